The summed E-state index contributed by atoms with van der Waals surface area (Å²) in [7, 11) is 0. The maximum Gasteiger partial charge on any atom is 0.108 e. The van der Waals surface area contributed by atoms with Gasteiger partial charge in [0.15, 0.2) is 0 Å². The monoisotopic (exact) mass is 159 g/mol. The van der Waals surface area contributed by atoms with Crippen molar-refractivity contribution in [3.05, 3.63) is 24.3 Å². The fraction of sp³-hybridized carbons (Fsp3) is 0.111. The second-order valence-electron chi connectivity index (χ2n) is 2.19. The van der Waals surface area contributed by atoms with Gasteiger partial charge in [-0.3, -0.25) is 0 Å². The van der Waals surface area contributed by atoms with Crippen LogP contribution in [0.5, 0.6) is 0 Å². The zero-order chi connectivity index (χ0) is 8.81. The summed E-state index contributed by atoms with van der Waals surface area (Å²) in [5, 5.41) is 6.31. The summed E-state index contributed by atoms with van der Waals surface area (Å²) < 4.78 is 0. The molecule has 3 nitrogen and oxygen atoms in total. The Bertz CT molecular complexity index is 312. The van der Waals surface area contributed by atoms with Gasteiger partial charge < -0.3 is 5.32 Å². The van der Waals surface area contributed by atoms with E-state index in [1.165, 1.54) is 0 Å². The van der Waals surface area contributed by atoms with Crippen LogP contribution in [0.3, 0.4) is 0 Å². The Hall–Kier alpha value is -1.82. The Morgan fingerprint density at radius 1 is 1.50 bits per heavy atom. The third-order valence-electron chi connectivity index (χ3n) is 1.41. The van der Waals surface area contributed by atoms with E-state index in [1.54, 1.807) is 6.07 Å². The number of nitrogens with zero attached hydrogens (tertiary/aromatic N) is 1. The molecule has 0 aliphatic carbocycles. The van der Waals surface area contributed by atoms with Crippen LogP contribution in [-0.4, -0.2) is 6.54 Å². The first-order valence-corrected chi connectivity index (χ1v) is 3.52. The molecular weight excluding hydrogens is 150 g/mol. The molecule has 1 aromatic carbocycles. The van der Waals surface area contributed by atoms with E-state index < -0.39 is 0 Å². The Balaban J connectivity index is 2.83. The molecule has 0 amide bonds. The van der Waals surface area contributed by atoms with E-state index in [-0.39, 0.29) is 0 Å². The molecule has 0 spiro atoms. The van der Waals surface area contributed by atoms with Crippen molar-refractivity contribution in [3.63, 3.8) is 0 Å². The number of benzene rings is 1. The lowest BCUT2D eigenvalue weighted by atomic mass is 10.3. The van der Waals surface area contributed by atoms with Crippen molar-refractivity contribution in [2.75, 3.05) is 11.9 Å². The maximum absolute atomic E-state index is 6.85. The number of nitrogens with one attached hydrogen (secondary N) is 2. The Morgan fingerprint density at radius 3 is 2.92 bits per heavy atom. The van der Waals surface area contributed by atoms with Gasteiger partial charge in [-0.05, 0) is 12.1 Å². The van der Waals surface area contributed by atoms with Gasteiger partial charge in [-0.1, -0.05) is 18.1 Å². The molecule has 0 saturated heterocycles. The molecule has 0 fully saturated rings. The van der Waals surface area contributed by atoms with Gasteiger partial charge in [-0.25, -0.2) is 5.53 Å². The second kappa shape index (κ2) is 4.14. The van der Waals surface area contributed by atoms with Crippen LogP contribution in [0.15, 0.2) is 29.4 Å². The number of anilines is 1. The van der Waals surface area contributed by atoms with Crippen LogP contribution in [0.1, 0.15) is 0 Å². The average Bonchev–Trinajstić information content (AvgIpc) is 2.15. The summed E-state index contributed by atoms with van der Waals surface area (Å²) in [5.41, 5.74) is 8.25. The van der Waals surface area contributed by atoms with Crippen LogP contribution >= 0.6 is 0 Å². The molecule has 0 bridgehead atoms. The zero-order valence-corrected chi connectivity index (χ0v) is 6.54. The lowest BCUT2D eigenvalue weighted by Crippen LogP contribution is -1.97. The van der Waals surface area contributed by atoms with E-state index >= 15 is 0 Å². The number of rotatable bonds is 3. The van der Waals surface area contributed by atoms with E-state index in [0.29, 0.717) is 12.2 Å². The Morgan fingerprint density at radius 2 is 2.25 bits per heavy atom. The fourth-order valence-electron chi connectivity index (χ4n) is 0.867. The summed E-state index contributed by atoms with van der Waals surface area (Å²) in [6.45, 7) is 0.451. The van der Waals surface area contributed by atoms with Crippen LogP contribution in [0.25, 0.3) is 0 Å². The van der Waals surface area contributed by atoms with Gasteiger partial charge >= 0.3 is 0 Å². The standard InChI is InChI=1S/C9H9N3/c1-2-7-11-8-5-3-4-6-9(8)12-10/h1,3-6,10-11H,7H2. The van der Waals surface area contributed by atoms with Gasteiger partial charge in [0.1, 0.15) is 5.69 Å². The van der Waals surface area contributed by atoms with Crippen LogP contribution in [-0.2, 0) is 0 Å². The minimum Gasteiger partial charge on any atom is -0.372 e. The third kappa shape index (κ3) is 1.83. The molecule has 0 saturated carbocycles. The highest BCUT2D eigenvalue weighted by Gasteiger charge is 1.96. The number of hydrogen-bond acceptors (Lipinski definition) is 3. The van der Waals surface area contributed by atoms with Crippen molar-refractivity contribution in [1.29, 1.82) is 5.53 Å². The first-order chi connectivity index (χ1) is 5.88. The van der Waals surface area contributed by atoms with Crippen molar-refractivity contribution >= 4 is 11.4 Å². The van der Waals surface area contributed by atoms with E-state index in [1.807, 2.05) is 18.2 Å². The van der Waals surface area contributed by atoms with Gasteiger partial charge in [0.2, 0.25) is 0 Å². The summed E-state index contributed by atoms with van der Waals surface area (Å²) in [5.74, 6) is 2.45. The van der Waals surface area contributed by atoms with E-state index in [4.69, 9.17) is 12.0 Å². The smallest absolute Gasteiger partial charge is 0.108 e. The van der Waals surface area contributed by atoms with Gasteiger partial charge in [-0.15, -0.1) is 6.42 Å². The lowest BCUT2D eigenvalue weighted by Gasteiger charge is -2.03. The largest absolute Gasteiger partial charge is 0.372 e. The number of terminal acetylenes is 1. The molecule has 60 valence electrons. The molecule has 0 radical (unpaired) electrons. The second-order valence-corrected chi connectivity index (χ2v) is 2.19. The van der Waals surface area contributed by atoms with Crippen molar-refractivity contribution in [3.8, 4) is 12.3 Å². The highest BCUT2D eigenvalue weighted by Crippen LogP contribution is 2.22. The molecule has 2 N–H and O–H groups in total. The summed E-state index contributed by atoms with van der Waals surface area (Å²) in [4.78, 5) is 0. The molecule has 3 heteroatoms. The van der Waals surface area contributed by atoms with Crippen LogP contribution in [0.4, 0.5) is 11.4 Å². The molecule has 0 aliphatic rings. The van der Waals surface area contributed by atoms with Crippen molar-refractivity contribution in [2.24, 2.45) is 5.11 Å². The summed E-state index contributed by atoms with van der Waals surface area (Å²) in [6.07, 6.45) is 5.08. The van der Waals surface area contributed by atoms with E-state index in [2.05, 4.69) is 16.4 Å². The molecular formula is C9H9N3. The molecule has 0 unspecified atom stereocenters. The van der Waals surface area contributed by atoms with Crippen LogP contribution < -0.4 is 5.32 Å². The first kappa shape index (κ1) is 8.28. The molecule has 0 atom stereocenters. The average molecular weight is 159 g/mol. The molecule has 12 heavy (non-hydrogen) atoms. The topological polar surface area (TPSA) is 48.2 Å². The number of para-hydroxylation sites is 2. The van der Waals surface area contributed by atoms with Gasteiger partial charge in [0.05, 0.1) is 12.2 Å². The Labute approximate surface area is 71.3 Å². The van der Waals surface area contributed by atoms with Crippen molar-refractivity contribution < 1.29 is 0 Å². The third-order valence-corrected chi connectivity index (χ3v) is 1.41. The predicted octanol–water partition coefficient (Wildman–Crippen LogP) is 2.39. The van der Waals surface area contributed by atoms with Gasteiger partial charge in [-0.2, -0.15) is 5.11 Å². The molecule has 0 aromatic heterocycles. The van der Waals surface area contributed by atoms with Gasteiger partial charge in [0.25, 0.3) is 0 Å². The quantitative estimate of drug-likeness (QED) is 0.516. The fourth-order valence-corrected chi connectivity index (χ4v) is 0.867. The highest BCUT2D eigenvalue weighted by atomic mass is 15.0. The van der Waals surface area contributed by atoms with E-state index in [9.17, 15) is 0 Å². The molecule has 0 heterocycles. The minimum atomic E-state index is 0.451. The van der Waals surface area contributed by atoms with Crippen LogP contribution in [0, 0.1) is 17.9 Å². The molecule has 0 aliphatic heterocycles. The van der Waals surface area contributed by atoms with Gasteiger partial charge in [0, 0.05) is 0 Å². The molecule has 1 rings (SSSR count). The number of hydrogen-bond donors (Lipinski definition) is 2. The summed E-state index contributed by atoms with van der Waals surface area (Å²) >= 11 is 0. The zero-order valence-electron chi connectivity index (χ0n) is 6.54. The maximum atomic E-state index is 6.85. The molecule has 1 aromatic rings. The van der Waals surface area contributed by atoms with Crippen molar-refractivity contribution in [2.45, 2.75) is 0 Å². The SMILES string of the molecule is C#CCNc1ccccc1N=N. The van der Waals surface area contributed by atoms with Crippen LogP contribution in [0.2, 0.25) is 0 Å². The van der Waals surface area contributed by atoms with Crippen molar-refractivity contribution in [1.82, 2.24) is 0 Å². The minimum absolute atomic E-state index is 0.451. The predicted molar refractivity (Wildman–Crippen MR) is 48.6 cm³/mol. The first-order valence-electron chi connectivity index (χ1n) is 3.52. The summed E-state index contributed by atoms with van der Waals surface area (Å²) in [6, 6.07) is 7.29. The van der Waals surface area contributed by atoms with E-state index in [0.717, 1.165) is 5.69 Å². The normalized spacial score (nSPS) is 8.58. The highest BCUT2D eigenvalue weighted by molar-refractivity contribution is 5.64. The lowest BCUT2D eigenvalue weighted by molar-refractivity contribution is 1.14. The Kier molecular flexibility index (Phi) is 2.86.